The van der Waals surface area contributed by atoms with Crippen LogP contribution in [0.25, 0.3) is 22.3 Å². The molecule has 1 aliphatic carbocycles. The molecule has 4 atom stereocenters. The van der Waals surface area contributed by atoms with Gasteiger partial charge in [0.25, 0.3) is 5.91 Å². The first-order valence-corrected chi connectivity index (χ1v) is 27.3. The van der Waals surface area contributed by atoms with Crippen molar-refractivity contribution in [1.82, 2.24) is 30.2 Å². The summed E-state index contributed by atoms with van der Waals surface area (Å²) in [6.45, 7) is 11.3. The van der Waals surface area contributed by atoms with Crippen LogP contribution >= 0.6 is 0 Å². The second-order valence-corrected chi connectivity index (χ2v) is 24.6. The van der Waals surface area contributed by atoms with Crippen LogP contribution in [0.4, 0.5) is 10.6 Å². The molecule has 0 spiro atoms. The lowest BCUT2D eigenvalue weighted by Gasteiger charge is -2.41. The Kier molecular flexibility index (Phi) is 13.3. The molecule has 366 valence electrons. The van der Waals surface area contributed by atoms with Gasteiger partial charge >= 0.3 is 6.09 Å². The highest BCUT2D eigenvalue weighted by atomic mass is 28.4. The molecule has 1 aliphatic heterocycles. The van der Waals surface area contributed by atoms with Gasteiger partial charge in [0, 0.05) is 18.0 Å². The first kappa shape index (κ1) is 48.1. The number of benzene rings is 6. The average molecular weight is 978 g/mol. The molecule has 13 nitrogen and oxygen atoms in total. The first-order valence-electron chi connectivity index (χ1n) is 24.4. The summed E-state index contributed by atoms with van der Waals surface area (Å²) in [5.41, 5.74) is 7.79. The molecule has 6 aromatic carbocycles. The second kappa shape index (κ2) is 20.0. The number of nitrogens with zero attached hydrogens (tertiary/aromatic N) is 4. The summed E-state index contributed by atoms with van der Waals surface area (Å²) in [7, 11) is -0.999. The van der Waals surface area contributed by atoms with E-state index in [4.69, 9.17) is 28.6 Å². The largest absolute Gasteiger partial charge is 0.497 e. The molecular formula is C58H59N7O6Si. The van der Waals surface area contributed by atoms with Gasteiger partial charge < -0.3 is 29.3 Å². The number of alkyl carbamates (subject to hydrolysis) is 1. The third kappa shape index (κ3) is 9.18. The van der Waals surface area contributed by atoms with E-state index in [0.717, 1.165) is 44.7 Å². The van der Waals surface area contributed by atoms with E-state index in [-0.39, 0.29) is 35.8 Å². The van der Waals surface area contributed by atoms with Crippen molar-refractivity contribution in [3.8, 4) is 16.9 Å². The SMILES string of the molecule is COc1ccc(C(NC[C@H]2O[C@@H](n3cnc4c(NC(=O)c5ccccc5)ncnc43)[C@H](O[Si](C)(C)C(C)(C)C)[C@@H]2NC(=O)OCC2c3ccccc3-c3ccccc32)(c2ccccc2)c2ccccc2)cc1. The number of methoxy groups -OCH3 is 1. The maximum Gasteiger partial charge on any atom is 0.407 e. The molecule has 1 saturated heterocycles. The first-order chi connectivity index (χ1) is 34.9. The predicted molar refractivity (Wildman–Crippen MR) is 281 cm³/mol. The van der Waals surface area contributed by atoms with Crippen LogP contribution in [-0.2, 0) is 19.4 Å². The molecule has 0 radical (unpaired) electrons. The fourth-order valence-electron chi connectivity index (χ4n) is 9.90. The molecule has 3 heterocycles. The average Bonchev–Trinajstić information content (AvgIpc) is 4.08. The number of hydrogen-bond acceptors (Lipinski definition) is 10. The highest BCUT2D eigenvalue weighted by Gasteiger charge is 2.53. The molecule has 2 aliphatic rings. The molecular weight excluding hydrogens is 919 g/mol. The van der Waals surface area contributed by atoms with Crippen molar-refractivity contribution in [1.29, 1.82) is 0 Å². The molecule has 3 N–H and O–H groups in total. The molecule has 8 aromatic rings. The quantitative estimate of drug-likeness (QED) is 0.0669. The van der Waals surface area contributed by atoms with Gasteiger partial charge in [-0.3, -0.25) is 14.7 Å². The zero-order valence-corrected chi connectivity index (χ0v) is 42.3. The minimum absolute atomic E-state index is 0.122. The fraction of sp³-hybridized carbons (Fsp3) is 0.259. The summed E-state index contributed by atoms with van der Waals surface area (Å²) in [4.78, 5) is 42.1. The summed E-state index contributed by atoms with van der Waals surface area (Å²) in [5, 5.41) is 10.0. The van der Waals surface area contributed by atoms with Crippen LogP contribution < -0.4 is 20.7 Å². The Hall–Kier alpha value is -7.49. The van der Waals surface area contributed by atoms with E-state index in [1.807, 2.05) is 83.4 Å². The van der Waals surface area contributed by atoms with E-state index >= 15 is 0 Å². The minimum atomic E-state index is -2.66. The number of anilines is 1. The Morgan fingerprint density at radius 2 is 1.28 bits per heavy atom. The lowest BCUT2D eigenvalue weighted by atomic mass is 9.76. The van der Waals surface area contributed by atoms with E-state index in [9.17, 15) is 9.59 Å². The Bertz CT molecular complexity index is 3100. The van der Waals surface area contributed by atoms with Gasteiger partial charge in [-0.15, -0.1) is 0 Å². The molecule has 2 amide bonds. The molecule has 0 unspecified atom stereocenters. The third-order valence-electron chi connectivity index (χ3n) is 14.6. The summed E-state index contributed by atoms with van der Waals surface area (Å²) < 4.78 is 28.5. The summed E-state index contributed by atoms with van der Waals surface area (Å²) in [5.74, 6) is 0.488. The second-order valence-electron chi connectivity index (χ2n) is 19.9. The van der Waals surface area contributed by atoms with Gasteiger partial charge in [-0.25, -0.2) is 19.7 Å². The number of ether oxygens (including phenoxy) is 3. The van der Waals surface area contributed by atoms with Gasteiger partial charge in [0.1, 0.15) is 24.8 Å². The van der Waals surface area contributed by atoms with Crippen molar-refractivity contribution in [2.45, 2.75) is 74.8 Å². The molecule has 10 rings (SSSR count). The van der Waals surface area contributed by atoms with Gasteiger partial charge in [-0.05, 0) is 81.3 Å². The summed E-state index contributed by atoms with van der Waals surface area (Å²) >= 11 is 0. The highest BCUT2D eigenvalue weighted by Crippen LogP contribution is 2.46. The van der Waals surface area contributed by atoms with E-state index in [1.54, 1.807) is 37.7 Å². The molecule has 72 heavy (non-hydrogen) atoms. The predicted octanol–water partition coefficient (Wildman–Crippen LogP) is 10.9. The number of nitrogens with one attached hydrogen (secondary N) is 3. The number of imidazole rings is 1. The van der Waals surface area contributed by atoms with E-state index in [2.05, 4.69) is 115 Å². The lowest BCUT2D eigenvalue weighted by molar-refractivity contribution is -0.0317. The van der Waals surface area contributed by atoms with E-state index in [0.29, 0.717) is 16.7 Å². The van der Waals surface area contributed by atoms with Crippen LogP contribution in [0.3, 0.4) is 0 Å². The number of rotatable bonds is 15. The number of carbonyl (C=O) groups is 2. The van der Waals surface area contributed by atoms with Gasteiger partial charge in [-0.2, -0.15) is 0 Å². The summed E-state index contributed by atoms with van der Waals surface area (Å²) in [6, 6.07) is 53.4. The van der Waals surface area contributed by atoms with E-state index < -0.39 is 44.4 Å². The van der Waals surface area contributed by atoms with Crippen molar-refractivity contribution in [3.63, 3.8) is 0 Å². The van der Waals surface area contributed by atoms with Crippen molar-refractivity contribution in [2.24, 2.45) is 0 Å². The van der Waals surface area contributed by atoms with Crippen LogP contribution in [-0.4, -0.2) is 78.3 Å². The normalized spacial score (nSPS) is 17.8. The van der Waals surface area contributed by atoms with Crippen LogP contribution in [0.1, 0.15) is 71.1 Å². The standard InChI is InChI=1S/C58H59N7O6Si/c1-57(2,3)72(5,6)71-51-49(63-56(67)69-35-47-45-28-18-16-26-43(45)44-27-17-19-29-46(44)47)48(70-55(51)65-37-61-50-52(59-36-60-53(50)65)64-54(66)38-20-10-7-11-21-38)34-62-58(39-22-12-8-13-23-39,40-24-14-9-15-25-40)41-30-32-42(68-4)33-31-41/h7-33,36-37,47-49,51,55,62H,34-35H2,1-6H3,(H,63,67)(H,59,60,64,66)/t48-,49-,51-,55-/m1/s1. The maximum absolute atomic E-state index is 14.7. The van der Waals surface area contributed by atoms with Crippen LogP contribution in [0.2, 0.25) is 18.1 Å². The molecule has 0 saturated carbocycles. The van der Waals surface area contributed by atoms with Crippen LogP contribution in [0.5, 0.6) is 5.75 Å². The molecule has 2 aromatic heterocycles. The molecule has 14 heteroatoms. The Labute approximate surface area is 421 Å². The van der Waals surface area contributed by atoms with Crippen molar-refractivity contribution in [2.75, 3.05) is 25.6 Å². The molecule has 0 bridgehead atoms. The van der Waals surface area contributed by atoms with Crippen LogP contribution in [0, 0.1) is 0 Å². The third-order valence-corrected chi connectivity index (χ3v) is 19.1. The van der Waals surface area contributed by atoms with Gasteiger partial charge in [0.15, 0.2) is 31.5 Å². The van der Waals surface area contributed by atoms with Gasteiger partial charge in [-0.1, -0.05) is 160 Å². The smallest absolute Gasteiger partial charge is 0.407 e. The lowest BCUT2D eigenvalue weighted by Crippen LogP contribution is -2.56. The number of fused-ring (bicyclic) bond motifs is 4. The topological polar surface area (TPSA) is 151 Å². The van der Waals surface area contributed by atoms with Gasteiger partial charge in [0.2, 0.25) is 0 Å². The Morgan fingerprint density at radius 3 is 1.88 bits per heavy atom. The number of amides is 2. The van der Waals surface area contributed by atoms with Crippen molar-refractivity contribution >= 4 is 37.3 Å². The van der Waals surface area contributed by atoms with Gasteiger partial charge in [0.05, 0.1) is 31.1 Å². The maximum atomic E-state index is 14.7. The monoisotopic (exact) mass is 977 g/mol. The van der Waals surface area contributed by atoms with Crippen LogP contribution in [0.15, 0.2) is 176 Å². The highest BCUT2D eigenvalue weighted by molar-refractivity contribution is 6.74. The zero-order valence-electron chi connectivity index (χ0n) is 41.3. The van der Waals surface area contributed by atoms with E-state index in [1.165, 1.54) is 6.33 Å². The number of hydrogen-bond donors (Lipinski definition) is 3. The fourth-order valence-corrected chi connectivity index (χ4v) is 11.2. The summed E-state index contributed by atoms with van der Waals surface area (Å²) in [6.07, 6.45) is 0.0553. The van der Waals surface area contributed by atoms with Crippen molar-refractivity contribution < 1.29 is 28.2 Å². The van der Waals surface area contributed by atoms with Crippen molar-refractivity contribution in [3.05, 3.63) is 210 Å². The Balaban J connectivity index is 1.06. The zero-order chi connectivity index (χ0) is 50.0. The Morgan fingerprint density at radius 1 is 0.708 bits per heavy atom. The number of aromatic nitrogens is 4. The number of carbonyl (C=O) groups excluding carboxylic acids is 2. The minimum Gasteiger partial charge on any atom is -0.497 e. The molecule has 1 fully saturated rings.